The molecule has 17 heavy (non-hydrogen) atoms. The summed E-state index contributed by atoms with van der Waals surface area (Å²) in [6.45, 7) is 6.89. The molecule has 104 valence electrons. The minimum Gasteiger partial charge on any atom is -0.0853 e. The number of rotatable bonds is 12. The Bertz CT molecular complexity index is 127. The summed E-state index contributed by atoms with van der Waals surface area (Å²) >= 11 is 4.08. The van der Waals surface area contributed by atoms with Crippen LogP contribution in [0.15, 0.2) is 0 Å². The van der Waals surface area contributed by atoms with Crippen LogP contribution in [0, 0.1) is 0 Å². The molecule has 0 aromatic carbocycles. The van der Waals surface area contributed by atoms with Crippen LogP contribution in [0.5, 0.6) is 0 Å². The van der Waals surface area contributed by atoms with E-state index in [1.54, 1.807) is 0 Å². The first-order valence-corrected chi connectivity index (χ1v) is 8.66. The van der Waals surface area contributed by atoms with E-state index < -0.39 is 0 Å². The molecule has 0 aliphatic rings. The molecule has 0 nitrogen and oxygen atoms in total. The SMILES string of the molecule is CCCCCC(Br)(CCCCC)CCCCC. The molecule has 0 amide bonds. The highest BCUT2D eigenvalue weighted by atomic mass is 79.9. The van der Waals surface area contributed by atoms with Crippen molar-refractivity contribution in [3.05, 3.63) is 0 Å². The molecule has 0 N–H and O–H groups in total. The van der Waals surface area contributed by atoms with Crippen LogP contribution in [0.3, 0.4) is 0 Å². The molecule has 0 aromatic rings. The third kappa shape index (κ3) is 10.1. The first kappa shape index (κ1) is 17.5. The maximum absolute atomic E-state index is 4.08. The van der Waals surface area contributed by atoms with Crippen molar-refractivity contribution in [2.24, 2.45) is 0 Å². The topological polar surface area (TPSA) is 0 Å². The molecule has 0 atom stereocenters. The first-order chi connectivity index (χ1) is 8.18. The Labute approximate surface area is 118 Å². The third-order valence-corrected chi connectivity index (χ3v) is 4.87. The molecule has 0 heterocycles. The molecule has 1 heteroatoms. The van der Waals surface area contributed by atoms with Crippen LogP contribution in [0.25, 0.3) is 0 Å². The lowest BCUT2D eigenvalue weighted by atomic mass is 9.90. The molecule has 0 aromatic heterocycles. The number of hydrogen-bond acceptors (Lipinski definition) is 0. The van der Waals surface area contributed by atoms with Crippen molar-refractivity contribution in [2.75, 3.05) is 0 Å². The van der Waals surface area contributed by atoms with Gasteiger partial charge < -0.3 is 0 Å². The van der Waals surface area contributed by atoms with E-state index in [0.717, 1.165) is 0 Å². The van der Waals surface area contributed by atoms with Gasteiger partial charge >= 0.3 is 0 Å². The van der Waals surface area contributed by atoms with E-state index in [0.29, 0.717) is 4.32 Å². The zero-order chi connectivity index (χ0) is 13.0. The van der Waals surface area contributed by atoms with E-state index in [1.807, 2.05) is 0 Å². The van der Waals surface area contributed by atoms with Gasteiger partial charge in [-0.2, -0.15) is 0 Å². The summed E-state index contributed by atoms with van der Waals surface area (Å²) in [5.41, 5.74) is 0. The number of halogens is 1. The van der Waals surface area contributed by atoms with Crippen molar-refractivity contribution in [1.29, 1.82) is 0 Å². The molecule has 0 rings (SSSR count). The van der Waals surface area contributed by atoms with Gasteiger partial charge in [0.05, 0.1) is 0 Å². The van der Waals surface area contributed by atoms with Gasteiger partial charge in [0.15, 0.2) is 0 Å². The highest BCUT2D eigenvalue weighted by Gasteiger charge is 2.24. The Morgan fingerprint density at radius 1 is 0.588 bits per heavy atom. The average molecular weight is 305 g/mol. The van der Waals surface area contributed by atoms with E-state index in [4.69, 9.17) is 0 Å². The second kappa shape index (κ2) is 11.6. The lowest BCUT2D eigenvalue weighted by Crippen LogP contribution is -2.20. The predicted molar refractivity (Wildman–Crippen MR) is 84.1 cm³/mol. The zero-order valence-electron chi connectivity index (χ0n) is 12.4. The van der Waals surface area contributed by atoms with E-state index in [2.05, 4.69) is 36.7 Å². The van der Waals surface area contributed by atoms with Gasteiger partial charge in [0, 0.05) is 4.32 Å². The van der Waals surface area contributed by atoms with Crippen LogP contribution in [-0.4, -0.2) is 4.32 Å². The quantitative estimate of drug-likeness (QED) is 0.273. The van der Waals surface area contributed by atoms with Crippen molar-refractivity contribution in [3.8, 4) is 0 Å². The summed E-state index contributed by atoms with van der Waals surface area (Å²) in [4.78, 5) is 0. The monoisotopic (exact) mass is 304 g/mol. The summed E-state index contributed by atoms with van der Waals surface area (Å²) < 4.78 is 0.465. The van der Waals surface area contributed by atoms with E-state index in [1.165, 1.54) is 77.0 Å². The van der Waals surface area contributed by atoms with Crippen molar-refractivity contribution in [1.82, 2.24) is 0 Å². The second-order valence-corrected chi connectivity index (χ2v) is 7.20. The highest BCUT2D eigenvalue weighted by Crippen LogP contribution is 2.36. The standard InChI is InChI=1S/C16H33Br/c1-4-7-10-13-16(17,14-11-8-5-2)15-12-9-6-3/h4-15H2,1-3H3. The molecule has 0 fully saturated rings. The molecule has 0 aliphatic carbocycles. The Kier molecular flexibility index (Phi) is 11.9. The maximum Gasteiger partial charge on any atom is 0.0258 e. The number of hydrogen-bond donors (Lipinski definition) is 0. The second-order valence-electron chi connectivity index (χ2n) is 5.52. The van der Waals surface area contributed by atoms with Gasteiger partial charge in [-0.05, 0) is 19.3 Å². The summed E-state index contributed by atoms with van der Waals surface area (Å²) in [5.74, 6) is 0. The molecule has 0 saturated heterocycles. The largest absolute Gasteiger partial charge is 0.0853 e. The predicted octanol–water partition coefficient (Wildman–Crippen LogP) is 6.86. The van der Waals surface area contributed by atoms with Gasteiger partial charge in [0.25, 0.3) is 0 Å². The summed E-state index contributed by atoms with van der Waals surface area (Å²) in [6.07, 6.45) is 16.6. The fraction of sp³-hybridized carbons (Fsp3) is 1.00. The van der Waals surface area contributed by atoms with Crippen LogP contribution >= 0.6 is 15.9 Å². The minimum absolute atomic E-state index is 0.465. The highest BCUT2D eigenvalue weighted by molar-refractivity contribution is 9.10. The normalized spacial score (nSPS) is 12.0. The molecule has 0 radical (unpaired) electrons. The van der Waals surface area contributed by atoms with E-state index in [-0.39, 0.29) is 0 Å². The molecular weight excluding hydrogens is 272 g/mol. The fourth-order valence-electron chi connectivity index (χ4n) is 2.45. The van der Waals surface area contributed by atoms with E-state index in [9.17, 15) is 0 Å². The van der Waals surface area contributed by atoms with Gasteiger partial charge in [-0.15, -0.1) is 0 Å². The Morgan fingerprint density at radius 2 is 0.882 bits per heavy atom. The number of unbranched alkanes of at least 4 members (excludes halogenated alkanes) is 6. The zero-order valence-corrected chi connectivity index (χ0v) is 13.9. The van der Waals surface area contributed by atoms with Crippen molar-refractivity contribution in [2.45, 2.75) is 102 Å². The summed E-state index contributed by atoms with van der Waals surface area (Å²) in [7, 11) is 0. The third-order valence-electron chi connectivity index (χ3n) is 3.69. The molecule has 0 bridgehead atoms. The van der Waals surface area contributed by atoms with Gasteiger partial charge in [-0.3, -0.25) is 0 Å². The molecular formula is C16H33Br. The lowest BCUT2D eigenvalue weighted by molar-refractivity contribution is 0.421. The van der Waals surface area contributed by atoms with Crippen LogP contribution in [0.1, 0.15) is 97.8 Å². The maximum atomic E-state index is 4.08. The van der Waals surface area contributed by atoms with E-state index >= 15 is 0 Å². The smallest absolute Gasteiger partial charge is 0.0258 e. The Hall–Kier alpha value is 0.480. The number of alkyl halides is 1. The van der Waals surface area contributed by atoms with Crippen molar-refractivity contribution >= 4 is 15.9 Å². The molecule has 0 spiro atoms. The van der Waals surface area contributed by atoms with Gasteiger partial charge in [0.1, 0.15) is 0 Å². The Morgan fingerprint density at radius 3 is 1.12 bits per heavy atom. The van der Waals surface area contributed by atoms with Crippen LogP contribution in [-0.2, 0) is 0 Å². The lowest BCUT2D eigenvalue weighted by Gasteiger charge is -2.28. The first-order valence-electron chi connectivity index (χ1n) is 7.87. The van der Waals surface area contributed by atoms with Gasteiger partial charge in [-0.1, -0.05) is 94.5 Å². The molecule has 0 saturated carbocycles. The van der Waals surface area contributed by atoms with Crippen molar-refractivity contribution in [3.63, 3.8) is 0 Å². The molecule has 0 unspecified atom stereocenters. The fourth-order valence-corrected chi connectivity index (χ4v) is 3.29. The van der Waals surface area contributed by atoms with Gasteiger partial charge in [-0.25, -0.2) is 0 Å². The van der Waals surface area contributed by atoms with Crippen LogP contribution in [0.4, 0.5) is 0 Å². The summed E-state index contributed by atoms with van der Waals surface area (Å²) in [6, 6.07) is 0. The molecule has 0 aliphatic heterocycles. The Balaban J connectivity index is 3.95. The van der Waals surface area contributed by atoms with Gasteiger partial charge in [0.2, 0.25) is 0 Å². The van der Waals surface area contributed by atoms with Crippen LogP contribution < -0.4 is 0 Å². The summed E-state index contributed by atoms with van der Waals surface area (Å²) in [5, 5.41) is 0. The van der Waals surface area contributed by atoms with Crippen molar-refractivity contribution < 1.29 is 0 Å². The van der Waals surface area contributed by atoms with Crippen LogP contribution in [0.2, 0.25) is 0 Å². The minimum atomic E-state index is 0.465. The average Bonchev–Trinajstić information content (AvgIpc) is 2.30.